The lowest BCUT2D eigenvalue weighted by Gasteiger charge is -2.13. The molecule has 3 heterocycles. The molecule has 0 radical (unpaired) electrons. The van der Waals surface area contributed by atoms with Crippen LogP contribution < -0.4 is 10.2 Å². The fraction of sp³-hybridized carbons (Fsp3) is 0.240. The van der Waals surface area contributed by atoms with Crippen LogP contribution >= 0.6 is 24.0 Å². The third kappa shape index (κ3) is 4.59. The lowest BCUT2D eigenvalue weighted by molar-refractivity contribution is -0.122. The maximum Gasteiger partial charge on any atom is 0.270 e. The molecule has 1 N–H and O–H groups in total. The second kappa shape index (κ2) is 9.51. The summed E-state index contributed by atoms with van der Waals surface area (Å²) in [7, 11) is 0. The summed E-state index contributed by atoms with van der Waals surface area (Å²) in [6, 6.07) is 17.3. The van der Waals surface area contributed by atoms with Crippen molar-refractivity contribution in [2.45, 2.75) is 25.5 Å². The number of thioether (sulfide) groups is 1. The van der Waals surface area contributed by atoms with Crippen molar-refractivity contribution in [3.8, 4) is 0 Å². The first kappa shape index (κ1) is 21.9. The van der Waals surface area contributed by atoms with E-state index in [2.05, 4.69) is 5.32 Å². The van der Waals surface area contributed by atoms with Gasteiger partial charge in [-0.05, 0) is 37.1 Å². The van der Waals surface area contributed by atoms with E-state index in [1.165, 1.54) is 11.8 Å². The van der Waals surface area contributed by atoms with Gasteiger partial charge in [0.05, 0.1) is 16.7 Å². The molecule has 3 aromatic rings. The Morgan fingerprint density at radius 2 is 1.97 bits per heavy atom. The quantitative estimate of drug-likeness (QED) is 0.423. The molecule has 1 atom stereocenters. The second-order valence-corrected chi connectivity index (χ2v) is 9.70. The maximum atomic E-state index is 13.1. The van der Waals surface area contributed by atoms with Crippen LogP contribution in [-0.2, 0) is 20.9 Å². The van der Waals surface area contributed by atoms with Crippen LogP contribution in [0.3, 0.4) is 0 Å². The number of carbonyl (C=O) groups is 2. The predicted octanol–water partition coefficient (Wildman–Crippen LogP) is 4.34. The van der Waals surface area contributed by atoms with Gasteiger partial charge in [0.15, 0.2) is 4.32 Å². The van der Waals surface area contributed by atoms with Crippen molar-refractivity contribution in [2.75, 3.05) is 18.1 Å². The number of hydrogen-bond acceptors (Lipinski definition) is 5. The zero-order chi connectivity index (χ0) is 22.8. The first-order chi connectivity index (χ1) is 16.1. The van der Waals surface area contributed by atoms with E-state index in [1.54, 1.807) is 4.90 Å². The van der Waals surface area contributed by atoms with E-state index < -0.39 is 0 Å². The number of para-hydroxylation sites is 2. The number of aromatic nitrogens is 1. The maximum absolute atomic E-state index is 13.1. The number of nitrogens with zero attached hydrogens (tertiary/aromatic N) is 2. The van der Waals surface area contributed by atoms with Gasteiger partial charge < -0.3 is 14.6 Å². The van der Waals surface area contributed by atoms with E-state index in [4.69, 9.17) is 17.0 Å². The molecule has 8 heteroatoms. The van der Waals surface area contributed by atoms with Crippen LogP contribution in [0.1, 0.15) is 18.4 Å². The van der Waals surface area contributed by atoms with E-state index in [0.29, 0.717) is 15.8 Å². The Kier molecular flexibility index (Phi) is 6.30. The van der Waals surface area contributed by atoms with Gasteiger partial charge in [-0.1, -0.05) is 60.4 Å². The van der Waals surface area contributed by atoms with Crippen molar-refractivity contribution in [3.05, 3.63) is 71.3 Å². The van der Waals surface area contributed by atoms with E-state index in [1.807, 2.05) is 71.4 Å². The molecule has 2 amide bonds. The SMILES string of the molecule is O=C(Cn1cc(/C=C2\SC(=S)N(c3ccccc3)C2=O)c2ccccc21)NC[C@@H]1CCCO1. The van der Waals surface area contributed by atoms with Crippen LogP contribution in [0.2, 0.25) is 0 Å². The smallest absolute Gasteiger partial charge is 0.270 e. The van der Waals surface area contributed by atoms with Crippen molar-refractivity contribution < 1.29 is 14.3 Å². The molecule has 5 rings (SSSR count). The highest BCUT2D eigenvalue weighted by molar-refractivity contribution is 8.27. The van der Waals surface area contributed by atoms with Gasteiger partial charge >= 0.3 is 0 Å². The number of thiocarbonyl (C=S) groups is 1. The zero-order valence-corrected chi connectivity index (χ0v) is 19.5. The molecule has 0 saturated carbocycles. The van der Waals surface area contributed by atoms with Gasteiger partial charge in [0, 0.05) is 35.8 Å². The fourth-order valence-corrected chi connectivity index (χ4v) is 5.46. The molecular weight excluding hydrogens is 454 g/mol. The van der Waals surface area contributed by atoms with Crippen LogP contribution in [0.5, 0.6) is 0 Å². The average molecular weight is 478 g/mol. The summed E-state index contributed by atoms with van der Waals surface area (Å²) in [5.41, 5.74) is 2.58. The molecule has 2 aromatic carbocycles. The molecule has 1 aromatic heterocycles. The van der Waals surface area contributed by atoms with Crippen LogP contribution in [0.25, 0.3) is 17.0 Å². The van der Waals surface area contributed by atoms with Crippen LogP contribution in [0, 0.1) is 0 Å². The number of anilines is 1. The number of benzene rings is 2. The third-order valence-corrected chi connectivity index (χ3v) is 7.08. The Bertz CT molecular complexity index is 1250. The van der Waals surface area contributed by atoms with Gasteiger partial charge in [0.1, 0.15) is 6.54 Å². The molecule has 0 bridgehead atoms. The Balaban J connectivity index is 1.39. The summed E-state index contributed by atoms with van der Waals surface area (Å²) in [5, 5.41) is 3.96. The minimum absolute atomic E-state index is 0.0618. The minimum atomic E-state index is -0.137. The molecule has 0 unspecified atom stereocenters. The Morgan fingerprint density at radius 3 is 2.76 bits per heavy atom. The number of amides is 2. The molecule has 0 spiro atoms. The number of nitrogens with one attached hydrogen (secondary N) is 1. The third-order valence-electron chi connectivity index (χ3n) is 5.78. The van der Waals surface area contributed by atoms with E-state index in [-0.39, 0.29) is 24.5 Å². The summed E-state index contributed by atoms with van der Waals surface area (Å²) in [6.45, 7) is 1.50. The number of ether oxygens (including phenoxy) is 1. The molecule has 6 nitrogen and oxygen atoms in total. The highest BCUT2D eigenvalue weighted by Crippen LogP contribution is 2.37. The average Bonchev–Trinajstić information content (AvgIpc) is 3.53. The van der Waals surface area contributed by atoms with Crippen LogP contribution in [0.15, 0.2) is 65.7 Å². The monoisotopic (exact) mass is 477 g/mol. The van der Waals surface area contributed by atoms with Crippen LogP contribution in [0.4, 0.5) is 5.69 Å². The van der Waals surface area contributed by atoms with E-state index in [0.717, 1.165) is 41.6 Å². The highest BCUT2D eigenvalue weighted by atomic mass is 32.2. The summed E-state index contributed by atoms with van der Waals surface area (Å²) in [6.07, 6.45) is 5.93. The predicted molar refractivity (Wildman–Crippen MR) is 136 cm³/mol. The fourth-order valence-electron chi connectivity index (χ4n) is 4.17. The number of carbonyl (C=O) groups excluding carboxylic acids is 2. The first-order valence-electron chi connectivity index (χ1n) is 10.9. The van der Waals surface area contributed by atoms with Gasteiger partial charge in [-0.25, -0.2) is 0 Å². The van der Waals surface area contributed by atoms with Crippen molar-refractivity contribution in [1.29, 1.82) is 0 Å². The molecule has 2 fully saturated rings. The zero-order valence-electron chi connectivity index (χ0n) is 17.9. The standard InChI is InChI=1S/C25H23N3O3S2/c29-23(26-14-19-9-6-12-31-19)16-27-15-17(20-10-4-5-11-21(20)27)13-22-24(30)28(25(32)33-22)18-7-2-1-3-8-18/h1-5,7-8,10-11,13,15,19H,6,9,12,14,16H2,(H,26,29)/b22-13-/t19-/m0/s1. The van der Waals surface area contributed by atoms with Gasteiger partial charge in [0.2, 0.25) is 5.91 Å². The molecule has 0 aliphatic carbocycles. The molecular formula is C25H23N3O3S2. The summed E-state index contributed by atoms with van der Waals surface area (Å²) in [5.74, 6) is -0.199. The van der Waals surface area contributed by atoms with Crippen molar-refractivity contribution in [3.63, 3.8) is 0 Å². The normalized spacial score (nSPS) is 19.7. The number of fused-ring (bicyclic) bond motifs is 1. The van der Waals surface area contributed by atoms with Gasteiger partial charge in [0.25, 0.3) is 5.91 Å². The second-order valence-electron chi connectivity index (χ2n) is 8.02. The highest BCUT2D eigenvalue weighted by Gasteiger charge is 2.33. The number of rotatable bonds is 6. The number of hydrogen-bond donors (Lipinski definition) is 1. The van der Waals surface area contributed by atoms with E-state index >= 15 is 0 Å². The largest absolute Gasteiger partial charge is 0.376 e. The molecule has 2 aliphatic rings. The van der Waals surface area contributed by atoms with Crippen molar-refractivity contribution in [1.82, 2.24) is 9.88 Å². The van der Waals surface area contributed by atoms with Crippen molar-refractivity contribution >= 4 is 62.8 Å². The molecule has 2 aliphatic heterocycles. The summed E-state index contributed by atoms with van der Waals surface area (Å²) < 4.78 is 8.01. The Hall–Kier alpha value is -2.94. The topological polar surface area (TPSA) is 63.6 Å². The Morgan fingerprint density at radius 1 is 1.18 bits per heavy atom. The van der Waals surface area contributed by atoms with Gasteiger partial charge in [-0.15, -0.1) is 0 Å². The lowest BCUT2D eigenvalue weighted by Crippen LogP contribution is -2.34. The van der Waals surface area contributed by atoms with E-state index in [9.17, 15) is 9.59 Å². The summed E-state index contributed by atoms with van der Waals surface area (Å²) >= 11 is 6.78. The van der Waals surface area contributed by atoms with Crippen molar-refractivity contribution in [2.24, 2.45) is 0 Å². The summed E-state index contributed by atoms with van der Waals surface area (Å²) in [4.78, 5) is 27.8. The Labute approximate surface area is 201 Å². The minimum Gasteiger partial charge on any atom is -0.376 e. The first-order valence-corrected chi connectivity index (χ1v) is 12.1. The molecule has 33 heavy (non-hydrogen) atoms. The molecule has 168 valence electrons. The van der Waals surface area contributed by atoms with Gasteiger partial charge in [-0.3, -0.25) is 14.5 Å². The lowest BCUT2D eigenvalue weighted by atomic mass is 10.1. The molecule has 2 saturated heterocycles. The van der Waals surface area contributed by atoms with Crippen LogP contribution in [-0.4, -0.2) is 40.0 Å². The van der Waals surface area contributed by atoms with Gasteiger partial charge in [-0.2, -0.15) is 0 Å².